The maximum atomic E-state index is 12.6. The molecule has 2 aromatic carbocycles. The number of rotatable bonds is 6. The van der Waals surface area contributed by atoms with Crippen LogP contribution in [0, 0.1) is 10.1 Å². The number of hydrogen-bond donors (Lipinski definition) is 0. The maximum Gasteiger partial charge on any atom is 0.339 e. The molecule has 0 unspecified atom stereocenters. The predicted octanol–water partition coefficient (Wildman–Crippen LogP) is 4.79. The van der Waals surface area contributed by atoms with Crippen LogP contribution in [0.2, 0.25) is 0 Å². The smallest absolute Gasteiger partial charge is 0.339 e. The lowest BCUT2D eigenvalue weighted by molar-refractivity contribution is -0.384. The van der Waals surface area contributed by atoms with Crippen LogP contribution in [-0.2, 0) is 11.3 Å². The number of esters is 1. The fourth-order valence-electron chi connectivity index (χ4n) is 2.40. The van der Waals surface area contributed by atoms with Gasteiger partial charge in [-0.1, -0.05) is 15.9 Å². The molecular formula is C19H12BrNO6. The number of carbonyl (C=O) groups excluding carboxylic acids is 2. The molecule has 7 nitrogen and oxygen atoms in total. The minimum Gasteiger partial charge on any atom is -0.457 e. The number of nitro benzene ring substituents is 1. The van der Waals surface area contributed by atoms with Crippen LogP contribution >= 0.6 is 15.9 Å². The molecule has 0 N–H and O–H groups in total. The van der Waals surface area contributed by atoms with E-state index in [0.717, 1.165) is 0 Å². The summed E-state index contributed by atoms with van der Waals surface area (Å²) in [6, 6.07) is 13.9. The fourth-order valence-corrected chi connectivity index (χ4v) is 2.76. The van der Waals surface area contributed by atoms with Gasteiger partial charge in [-0.25, -0.2) is 4.79 Å². The summed E-state index contributed by atoms with van der Waals surface area (Å²) in [5.41, 5.74) is 1.33. The third-order valence-electron chi connectivity index (χ3n) is 3.73. The monoisotopic (exact) mass is 429 g/mol. The van der Waals surface area contributed by atoms with E-state index in [1.165, 1.54) is 30.3 Å². The van der Waals surface area contributed by atoms with Crippen LogP contribution in [0.4, 0.5) is 5.69 Å². The van der Waals surface area contributed by atoms with E-state index in [0.29, 0.717) is 27.6 Å². The first kappa shape index (κ1) is 18.5. The van der Waals surface area contributed by atoms with E-state index in [1.54, 1.807) is 24.3 Å². The van der Waals surface area contributed by atoms with E-state index < -0.39 is 10.9 Å². The molecule has 0 saturated heterocycles. The van der Waals surface area contributed by atoms with E-state index in [1.807, 2.05) is 0 Å². The van der Waals surface area contributed by atoms with Crippen LogP contribution in [0.5, 0.6) is 0 Å². The van der Waals surface area contributed by atoms with Crippen molar-refractivity contribution >= 4 is 33.9 Å². The van der Waals surface area contributed by atoms with Gasteiger partial charge in [-0.15, -0.1) is 0 Å². The summed E-state index contributed by atoms with van der Waals surface area (Å²) in [5.74, 6) is -0.0706. The molecule has 27 heavy (non-hydrogen) atoms. The molecule has 0 bridgehead atoms. The van der Waals surface area contributed by atoms with E-state index in [-0.39, 0.29) is 23.6 Å². The highest BCUT2D eigenvalue weighted by molar-refractivity contribution is 9.10. The molecule has 0 spiro atoms. The molecule has 0 fully saturated rings. The summed E-state index contributed by atoms with van der Waals surface area (Å²) < 4.78 is 11.4. The topological polar surface area (TPSA) is 99.7 Å². The van der Waals surface area contributed by atoms with Gasteiger partial charge in [0.05, 0.1) is 10.5 Å². The second-order valence-corrected chi connectivity index (χ2v) is 6.43. The SMILES string of the molecule is O=Cc1ccc(-c2ccc(Br)cc2C(=O)OCc2ccc([N+](=O)[O-])cc2)o1. The summed E-state index contributed by atoms with van der Waals surface area (Å²) >= 11 is 3.32. The van der Waals surface area contributed by atoms with Crippen molar-refractivity contribution in [2.24, 2.45) is 0 Å². The molecule has 0 aliphatic heterocycles. The van der Waals surface area contributed by atoms with Gasteiger partial charge < -0.3 is 9.15 Å². The second kappa shape index (κ2) is 7.96. The van der Waals surface area contributed by atoms with Crippen LogP contribution in [0.25, 0.3) is 11.3 Å². The van der Waals surface area contributed by atoms with Crippen LogP contribution in [-0.4, -0.2) is 17.2 Å². The molecule has 3 rings (SSSR count). The van der Waals surface area contributed by atoms with E-state index >= 15 is 0 Å². The first-order chi connectivity index (χ1) is 13.0. The van der Waals surface area contributed by atoms with Crippen molar-refractivity contribution in [3.8, 4) is 11.3 Å². The number of nitrogens with zero attached hydrogens (tertiary/aromatic N) is 1. The fraction of sp³-hybridized carbons (Fsp3) is 0.0526. The van der Waals surface area contributed by atoms with Gasteiger partial charge in [0.25, 0.3) is 5.69 Å². The second-order valence-electron chi connectivity index (χ2n) is 5.51. The van der Waals surface area contributed by atoms with E-state index in [9.17, 15) is 19.7 Å². The Labute approximate surface area is 161 Å². The van der Waals surface area contributed by atoms with Crippen molar-refractivity contribution in [1.82, 2.24) is 0 Å². The largest absolute Gasteiger partial charge is 0.457 e. The molecule has 0 atom stereocenters. The van der Waals surface area contributed by atoms with E-state index in [4.69, 9.17) is 9.15 Å². The van der Waals surface area contributed by atoms with Crippen LogP contribution in [0.15, 0.2) is 63.5 Å². The molecule has 8 heteroatoms. The van der Waals surface area contributed by atoms with Crippen molar-refractivity contribution in [2.75, 3.05) is 0 Å². The first-order valence-corrected chi connectivity index (χ1v) is 8.52. The number of halogens is 1. The van der Waals surface area contributed by atoms with Crippen LogP contribution in [0.1, 0.15) is 26.5 Å². The quantitative estimate of drug-likeness (QED) is 0.241. The minimum atomic E-state index is -0.589. The maximum absolute atomic E-state index is 12.6. The average molecular weight is 430 g/mol. The van der Waals surface area contributed by atoms with Gasteiger partial charge in [0.15, 0.2) is 12.0 Å². The predicted molar refractivity (Wildman–Crippen MR) is 99.4 cm³/mol. The zero-order valence-corrected chi connectivity index (χ0v) is 15.3. The zero-order valence-electron chi connectivity index (χ0n) is 13.8. The molecule has 0 radical (unpaired) electrons. The first-order valence-electron chi connectivity index (χ1n) is 7.73. The Bertz CT molecular complexity index is 1010. The number of aldehydes is 1. The summed E-state index contributed by atoms with van der Waals surface area (Å²) in [4.78, 5) is 33.5. The van der Waals surface area contributed by atoms with Gasteiger partial charge in [-0.3, -0.25) is 14.9 Å². The number of ether oxygens (including phenoxy) is 1. The molecule has 1 aromatic heterocycles. The molecule has 3 aromatic rings. The van der Waals surface area contributed by atoms with Crippen molar-refractivity contribution in [3.05, 3.63) is 86.1 Å². The standard InChI is InChI=1S/C19H12BrNO6/c20-13-3-7-16(18-8-6-15(10-22)27-18)17(9-13)19(23)26-11-12-1-4-14(5-2-12)21(24)25/h1-10H,11H2. The van der Waals surface area contributed by atoms with Crippen molar-refractivity contribution in [3.63, 3.8) is 0 Å². The molecular weight excluding hydrogens is 418 g/mol. The van der Waals surface area contributed by atoms with Gasteiger partial charge in [0.2, 0.25) is 0 Å². The van der Waals surface area contributed by atoms with Gasteiger partial charge in [-0.2, -0.15) is 0 Å². The van der Waals surface area contributed by atoms with Crippen molar-refractivity contribution < 1.29 is 23.7 Å². The lowest BCUT2D eigenvalue weighted by Gasteiger charge is -2.09. The Hall–Kier alpha value is -3.26. The van der Waals surface area contributed by atoms with Gasteiger partial charge >= 0.3 is 5.97 Å². The number of furan rings is 1. The molecule has 0 saturated carbocycles. The van der Waals surface area contributed by atoms with Crippen LogP contribution < -0.4 is 0 Å². The van der Waals surface area contributed by atoms with Crippen molar-refractivity contribution in [1.29, 1.82) is 0 Å². The Morgan fingerprint density at radius 2 is 1.89 bits per heavy atom. The lowest BCUT2D eigenvalue weighted by atomic mass is 10.1. The number of hydrogen-bond acceptors (Lipinski definition) is 6. The Morgan fingerprint density at radius 3 is 2.52 bits per heavy atom. The van der Waals surface area contributed by atoms with Gasteiger partial charge in [0, 0.05) is 22.2 Å². The Kier molecular flexibility index (Phi) is 5.46. The summed E-state index contributed by atoms with van der Waals surface area (Å²) in [7, 11) is 0. The molecule has 0 aliphatic carbocycles. The summed E-state index contributed by atoms with van der Waals surface area (Å²) in [5, 5.41) is 10.7. The zero-order chi connectivity index (χ0) is 19.4. The summed E-state index contributed by atoms with van der Waals surface area (Å²) in [6.45, 7) is -0.0411. The third-order valence-corrected chi connectivity index (χ3v) is 4.22. The minimum absolute atomic E-state index is 0.0387. The number of nitro groups is 1. The average Bonchev–Trinajstić information content (AvgIpc) is 3.15. The van der Waals surface area contributed by atoms with Crippen molar-refractivity contribution in [2.45, 2.75) is 6.61 Å². The third kappa shape index (κ3) is 4.29. The highest BCUT2D eigenvalue weighted by Gasteiger charge is 2.18. The van der Waals surface area contributed by atoms with Crippen LogP contribution in [0.3, 0.4) is 0 Å². The number of non-ortho nitro benzene ring substituents is 1. The number of carbonyl (C=O) groups is 2. The molecule has 0 aliphatic rings. The lowest BCUT2D eigenvalue weighted by Crippen LogP contribution is -2.07. The highest BCUT2D eigenvalue weighted by atomic mass is 79.9. The molecule has 136 valence electrons. The Balaban J connectivity index is 1.80. The molecule has 0 amide bonds. The Morgan fingerprint density at radius 1 is 1.15 bits per heavy atom. The summed E-state index contributed by atoms with van der Waals surface area (Å²) in [6.07, 6.45) is 0.578. The number of benzene rings is 2. The van der Waals surface area contributed by atoms with Gasteiger partial charge in [0.1, 0.15) is 12.4 Å². The molecule has 1 heterocycles. The van der Waals surface area contributed by atoms with Gasteiger partial charge in [-0.05, 0) is 48.0 Å². The highest BCUT2D eigenvalue weighted by Crippen LogP contribution is 2.29. The van der Waals surface area contributed by atoms with E-state index in [2.05, 4.69) is 15.9 Å². The normalized spacial score (nSPS) is 10.4.